The number of aromatic nitrogens is 1. The number of amides is 1. The number of benzene rings is 1. The molecule has 0 bridgehead atoms. The van der Waals surface area contributed by atoms with Gasteiger partial charge in [0.2, 0.25) is 11.8 Å². The Balaban J connectivity index is 0.00000182. The number of carbonyl (C=O) groups excluding carboxylic acids is 1. The van der Waals surface area contributed by atoms with E-state index in [1.165, 1.54) is 0 Å². The van der Waals surface area contributed by atoms with Crippen LogP contribution in [0.25, 0.3) is 0 Å². The van der Waals surface area contributed by atoms with Gasteiger partial charge in [0.15, 0.2) is 0 Å². The summed E-state index contributed by atoms with van der Waals surface area (Å²) in [7, 11) is 1.61. The molecule has 2 aromatic rings. The van der Waals surface area contributed by atoms with Crippen molar-refractivity contribution in [2.75, 3.05) is 25.6 Å². The minimum atomic E-state index is -0.892. The van der Waals surface area contributed by atoms with E-state index >= 15 is 0 Å². The zero-order valence-corrected chi connectivity index (χ0v) is 16.5. The molecule has 1 fully saturated rings. The molecule has 9 heteroatoms. The molecule has 3 N–H and O–H groups in total. The molecule has 27 heavy (non-hydrogen) atoms. The Hall–Kier alpha value is -2.06. The third-order valence-electron chi connectivity index (χ3n) is 4.11. The summed E-state index contributed by atoms with van der Waals surface area (Å²) in [6, 6.07) is 10.6. The predicted octanol–water partition coefficient (Wildman–Crippen LogP) is 3.17. The number of halogens is 2. The summed E-state index contributed by atoms with van der Waals surface area (Å²) in [6.07, 6.45) is 2.55. The Morgan fingerprint density at radius 2 is 1.74 bits per heavy atom. The number of nitrogens with two attached hydrogens (primary N) is 1. The monoisotopic (exact) mass is 415 g/mol. The molecule has 0 aliphatic carbocycles. The van der Waals surface area contributed by atoms with Gasteiger partial charge in [0.1, 0.15) is 17.0 Å². The van der Waals surface area contributed by atoms with Gasteiger partial charge in [0, 0.05) is 19.3 Å². The molecule has 1 aromatic carbocycles. The van der Waals surface area contributed by atoms with Crippen molar-refractivity contribution in [1.29, 1.82) is 0 Å². The van der Waals surface area contributed by atoms with Gasteiger partial charge in [-0.1, -0.05) is 0 Å². The van der Waals surface area contributed by atoms with E-state index in [2.05, 4.69) is 10.3 Å². The first-order chi connectivity index (χ1) is 12.1. The minimum absolute atomic E-state index is 0. The van der Waals surface area contributed by atoms with Crippen LogP contribution in [0.3, 0.4) is 0 Å². The first-order valence-corrected chi connectivity index (χ1v) is 8.05. The highest BCUT2D eigenvalue weighted by molar-refractivity contribution is 5.97. The number of hydrogen-bond acceptors (Lipinski definition) is 6. The quantitative estimate of drug-likeness (QED) is 0.778. The van der Waals surface area contributed by atoms with Gasteiger partial charge >= 0.3 is 0 Å². The second-order valence-corrected chi connectivity index (χ2v) is 5.89. The number of carbonyl (C=O) groups is 1. The third kappa shape index (κ3) is 5.97. The Bertz CT molecular complexity index is 720. The van der Waals surface area contributed by atoms with Gasteiger partial charge in [-0.3, -0.25) is 4.79 Å². The van der Waals surface area contributed by atoms with Crippen LogP contribution in [0.4, 0.5) is 5.69 Å². The maximum atomic E-state index is 12.4. The predicted molar refractivity (Wildman–Crippen MR) is 107 cm³/mol. The van der Waals surface area contributed by atoms with Crippen molar-refractivity contribution in [2.45, 2.75) is 18.4 Å². The van der Waals surface area contributed by atoms with Crippen LogP contribution in [0, 0.1) is 0 Å². The molecule has 2 heterocycles. The fourth-order valence-corrected chi connectivity index (χ4v) is 2.50. The Morgan fingerprint density at radius 3 is 2.30 bits per heavy atom. The van der Waals surface area contributed by atoms with Gasteiger partial charge in [0.05, 0.1) is 19.0 Å². The van der Waals surface area contributed by atoms with E-state index in [0.717, 1.165) is 5.75 Å². The third-order valence-corrected chi connectivity index (χ3v) is 4.11. The minimum Gasteiger partial charge on any atom is -0.497 e. The number of rotatable bonds is 5. The highest BCUT2D eigenvalue weighted by Crippen LogP contribution is 2.24. The first-order valence-electron chi connectivity index (χ1n) is 8.05. The van der Waals surface area contributed by atoms with E-state index < -0.39 is 5.54 Å². The van der Waals surface area contributed by atoms with Crippen molar-refractivity contribution in [3.05, 3.63) is 42.6 Å². The standard InChI is InChI=1S/C18H21N3O4.2ClH/c1-23-14-3-5-15(6-4-14)25-16-7-2-13(12-20-16)21-17(22)18(19)8-10-24-11-9-18;;/h2-7,12H,8-11,19H2,1H3,(H,21,22);2*1H. The SMILES string of the molecule is COc1ccc(Oc2ccc(NC(=O)C3(N)CCOCC3)cn2)cc1.Cl.Cl. The summed E-state index contributed by atoms with van der Waals surface area (Å²) in [5.41, 5.74) is 5.84. The van der Waals surface area contributed by atoms with Gasteiger partial charge in [-0.05, 0) is 43.2 Å². The Morgan fingerprint density at radius 1 is 1.11 bits per heavy atom. The molecule has 1 saturated heterocycles. The summed E-state index contributed by atoms with van der Waals surface area (Å²) in [6.45, 7) is 0.994. The maximum absolute atomic E-state index is 12.4. The first kappa shape index (κ1) is 23.0. The highest BCUT2D eigenvalue weighted by Gasteiger charge is 2.35. The van der Waals surface area contributed by atoms with Crippen molar-refractivity contribution in [3.8, 4) is 17.4 Å². The average molecular weight is 416 g/mol. The second-order valence-electron chi connectivity index (χ2n) is 5.89. The van der Waals surface area contributed by atoms with Gasteiger partial charge in [0.25, 0.3) is 0 Å². The van der Waals surface area contributed by atoms with Crippen LogP contribution in [0.2, 0.25) is 0 Å². The smallest absolute Gasteiger partial charge is 0.244 e. The van der Waals surface area contributed by atoms with E-state index in [4.69, 9.17) is 19.9 Å². The number of nitrogens with one attached hydrogen (secondary N) is 1. The van der Waals surface area contributed by atoms with Crippen molar-refractivity contribution >= 4 is 36.4 Å². The van der Waals surface area contributed by atoms with Crippen molar-refractivity contribution in [2.24, 2.45) is 5.73 Å². The van der Waals surface area contributed by atoms with Crippen LogP contribution in [-0.2, 0) is 9.53 Å². The molecule has 1 aliphatic heterocycles. The van der Waals surface area contributed by atoms with Crippen LogP contribution in [-0.4, -0.2) is 36.8 Å². The average Bonchev–Trinajstić information content (AvgIpc) is 2.64. The number of nitrogens with zero attached hydrogens (tertiary/aromatic N) is 1. The summed E-state index contributed by atoms with van der Waals surface area (Å²) in [5, 5.41) is 2.80. The molecular weight excluding hydrogens is 393 g/mol. The van der Waals surface area contributed by atoms with Crippen LogP contribution >= 0.6 is 24.8 Å². The van der Waals surface area contributed by atoms with Gasteiger partial charge < -0.3 is 25.3 Å². The molecule has 0 spiro atoms. The molecule has 1 amide bonds. The molecule has 1 aromatic heterocycles. The summed E-state index contributed by atoms with van der Waals surface area (Å²) in [4.78, 5) is 16.6. The molecule has 1 aliphatic rings. The van der Waals surface area contributed by atoms with Crippen molar-refractivity contribution in [1.82, 2.24) is 4.98 Å². The van der Waals surface area contributed by atoms with Gasteiger partial charge in [-0.2, -0.15) is 0 Å². The van der Waals surface area contributed by atoms with E-state index in [9.17, 15) is 4.79 Å². The lowest BCUT2D eigenvalue weighted by atomic mass is 9.90. The zero-order valence-electron chi connectivity index (χ0n) is 14.8. The number of ether oxygens (including phenoxy) is 3. The lowest BCUT2D eigenvalue weighted by molar-refractivity contribution is -0.124. The lowest BCUT2D eigenvalue weighted by Gasteiger charge is -2.31. The number of methoxy groups -OCH3 is 1. The molecule has 7 nitrogen and oxygen atoms in total. The Kier molecular flexibility index (Phi) is 8.78. The normalized spacial score (nSPS) is 14.9. The van der Waals surface area contributed by atoms with Crippen molar-refractivity contribution < 1.29 is 19.0 Å². The molecule has 3 rings (SSSR count). The number of pyridine rings is 1. The lowest BCUT2D eigenvalue weighted by Crippen LogP contribution is -2.54. The van der Waals surface area contributed by atoms with Gasteiger partial charge in [-0.25, -0.2) is 4.98 Å². The Labute approximate surface area is 170 Å². The summed E-state index contributed by atoms with van der Waals surface area (Å²) < 4.78 is 16.0. The summed E-state index contributed by atoms with van der Waals surface area (Å²) in [5.74, 6) is 1.61. The molecule has 148 valence electrons. The van der Waals surface area contributed by atoms with Crippen LogP contribution in [0.15, 0.2) is 42.6 Å². The molecule has 0 saturated carbocycles. The van der Waals surface area contributed by atoms with E-state index in [0.29, 0.717) is 43.4 Å². The van der Waals surface area contributed by atoms with Gasteiger partial charge in [-0.15, -0.1) is 24.8 Å². The van der Waals surface area contributed by atoms with Crippen LogP contribution in [0.5, 0.6) is 17.4 Å². The molecule has 0 unspecified atom stereocenters. The van der Waals surface area contributed by atoms with Crippen molar-refractivity contribution in [3.63, 3.8) is 0 Å². The second kappa shape index (κ2) is 10.3. The molecule has 0 radical (unpaired) electrons. The van der Waals surface area contributed by atoms with E-state index in [1.54, 1.807) is 49.7 Å². The summed E-state index contributed by atoms with van der Waals surface area (Å²) >= 11 is 0. The molecular formula is C18H23Cl2N3O4. The fourth-order valence-electron chi connectivity index (χ4n) is 2.50. The largest absolute Gasteiger partial charge is 0.497 e. The zero-order chi connectivity index (χ0) is 17.7. The topological polar surface area (TPSA) is 95.7 Å². The fraction of sp³-hybridized carbons (Fsp3) is 0.333. The van der Waals surface area contributed by atoms with Crippen LogP contribution in [0.1, 0.15) is 12.8 Å². The number of anilines is 1. The van der Waals surface area contributed by atoms with Crippen LogP contribution < -0.4 is 20.5 Å². The van der Waals surface area contributed by atoms with E-state index in [-0.39, 0.29) is 30.7 Å². The number of hydrogen-bond donors (Lipinski definition) is 2. The maximum Gasteiger partial charge on any atom is 0.244 e. The molecule has 0 atom stereocenters. The van der Waals surface area contributed by atoms with E-state index in [1.807, 2.05) is 0 Å². The highest BCUT2D eigenvalue weighted by atomic mass is 35.5.